The molecule has 212 valence electrons. The SMILES string of the molecule is CC(C)(C)N(OC(=O)CCNC(=O)c1cccc(N2CCN(c3ncccn3)CC2)c1)S(=O)(=O)c1ccccc1. The number of carbonyl (C=O) groups is 2. The zero-order valence-electron chi connectivity index (χ0n) is 22.9. The van der Waals surface area contributed by atoms with E-state index >= 15 is 0 Å². The summed E-state index contributed by atoms with van der Waals surface area (Å²) >= 11 is 0. The van der Waals surface area contributed by atoms with Crippen molar-refractivity contribution in [2.45, 2.75) is 37.6 Å². The molecule has 0 saturated carbocycles. The Labute approximate surface area is 234 Å². The standard InChI is InChI=1S/C28H34N6O5S/c1-28(2,3)34(40(37,38)24-11-5-4-6-12-24)39-25(35)13-16-29-26(36)22-9-7-10-23(21-22)32-17-19-33(20-18-32)27-30-14-8-15-31-27/h4-12,14-15,21H,13,16-20H2,1-3H3,(H,29,36). The molecular formula is C28H34N6O5S. The zero-order chi connectivity index (χ0) is 28.8. The second-order valence-electron chi connectivity index (χ2n) is 10.3. The van der Waals surface area contributed by atoms with Crippen LogP contribution in [0.3, 0.4) is 0 Å². The van der Waals surface area contributed by atoms with Gasteiger partial charge < -0.3 is 20.0 Å². The van der Waals surface area contributed by atoms with E-state index in [1.807, 2.05) is 18.2 Å². The van der Waals surface area contributed by atoms with Gasteiger partial charge in [0.25, 0.3) is 15.9 Å². The van der Waals surface area contributed by atoms with Crippen molar-refractivity contribution >= 4 is 33.5 Å². The maximum atomic E-state index is 13.1. The number of amides is 1. The molecule has 1 saturated heterocycles. The van der Waals surface area contributed by atoms with Gasteiger partial charge in [0.15, 0.2) is 0 Å². The summed E-state index contributed by atoms with van der Waals surface area (Å²) < 4.78 is 26.9. The van der Waals surface area contributed by atoms with E-state index in [4.69, 9.17) is 4.84 Å². The minimum absolute atomic E-state index is 0.0129. The van der Waals surface area contributed by atoms with Gasteiger partial charge in [-0.2, -0.15) is 0 Å². The lowest BCUT2D eigenvalue weighted by Gasteiger charge is -2.36. The van der Waals surface area contributed by atoms with Gasteiger partial charge in [0.2, 0.25) is 5.95 Å². The number of rotatable bonds is 9. The van der Waals surface area contributed by atoms with Crippen LogP contribution in [0.15, 0.2) is 78.0 Å². The van der Waals surface area contributed by atoms with E-state index < -0.39 is 21.5 Å². The minimum Gasteiger partial charge on any atom is -0.368 e. The summed E-state index contributed by atoms with van der Waals surface area (Å²) in [6, 6.07) is 16.9. The van der Waals surface area contributed by atoms with Crippen molar-refractivity contribution < 1.29 is 22.8 Å². The summed E-state index contributed by atoms with van der Waals surface area (Å²) in [7, 11) is -4.08. The van der Waals surface area contributed by atoms with Crippen LogP contribution in [-0.4, -0.2) is 73.0 Å². The number of aromatic nitrogens is 2. The fourth-order valence-electron chi connectivity index (χ4n) is 4.22. The van der Waals surface area contributed by atoms with Crippen molar-refractivity contribution in [1.29, 1.82) is 0 Å². The van der Waals surface area contributed by atoms with Gasteiger partial charge in [-0.15, -0.1) is 0 Å². The van der Waals surface area contributed by atoms with Crippen molar-refractivity contribution in [2.75, 3.05) is 42.5 Å². The summed E-state index contributed by atoms with van der Waals surface area (Å²) in [5.41, 5.74) is 0.364. The first kappa shape index (κ1) is 29.0. The van der Waals surface area contributed by atoms with Crippen LogP contribution in [0.1, 0.15) is 37.6 Å². The number of piperazine rings is 1. The monoisotopic (exact) mass is 566 g/mol. The fraction of sp³-hybridized carbons (Fsp3) is 0.357. The van der Waals surface area contributed by atoms with Gasteiger partial charge in [0.05, 0.1) is 16.9 Å². The molecule has 1 aromatic heterocycles. The Morgan fingerprint density at radius 2 is 1.57 bits per heavy atom. The van der Waals surface area contributed by atoms with Gasteiger partial charge in [-0.3, -0.25) is 9.59 Å². The van der Waals surface area contributed by atoms with Crippen molar-refractivity contribution in [3.63, 3.8) is 0 Å². The molecule has 1 aliphatic heterocycles. The predicted molar refractivity (Wildman–Crippen MR) is 151 cm³/mol. The molecule has 4 rings (SSSR count). The van der Waals surface area contributed by atoms with Crippen LogP contribution in [-0.2, 0) is 19.7 Å². The lowest BCUT2D eigenvalue weighted by Crippen LogP contribution is -2.47. The van der Waals surface area contributed by atoms with Crippen LogP contribution in [0, 0.1) is 0 Å². The van der Waals surface area contributed by atoms with E-state index in [-0.39, 0.29) is 23.8 Å². The lowest BCUT2D eigenvalue weighted by atomic mass is 10.1. The molecule has 0 atom stereocenters. The van der Waals surface area contributed by atoms with E-state index in [9.17, 15) is 18.0 Å². The molecule has 2 heterocycles. The molecule has 1 fully saturated rings. The minimum atomic E-state index is -4.08. The maximum Gasteiger partial charge on any atom is 0.328 e. The lowest BCUT2D eigenvalue weighted by molar-refractivity contribution is -0.182. The highest BCUT2D eigenvalue weighted by atomic mass is 32.2. The normalized spacial score (nSPS) is 14.2. The molecule has 2 aromatic carbocycles. The summed E-state index contributed by atoms with van der Waals surface area (Å²) in [5, 5.41) is 2.72. The van der Waals surface area contributed by atoms with E-state index in [0.29, 0.717) is 16.0 Å². The van der Waals surface area contributed by atoms with Gasteiger partial charge in [0, 0.05) is 56.4 Å². The largest absolute Gasteiger partial charge is 0.368 e. The highest BCUT2D eigenvalue weighted by Crippen LogP contribution is 2.25. The van der Waals surface area contributed by atoms with E-state index in [0.717, 1.165) is 31.9 Å². The van der Waals surface area contributed by atoms with Crippen LogP contribution < -0.4 is 15.1 Å². The van der Waals surface area contributed by atoms with E-state index in [2.05, 4.69) is 25.1 Å². The van der Waals surface area contributed by atoms with Gasteiger partial charge in [-0.05, 0) is 61.6 Å². The molecule has 3 aromatic rings. The number of carbonyl (C=O) groups excluding carboxylic acids is 2. The Morgan fingerprint density at radius 1 is 0.925 bits per heavy atom. The van der Waals surface area contributed by atoms with Gasteiger partial charge in [-0.25, -0.2) is 18.4 Å². The molecular weight excluding hydrogens is 532 g/mol. The maximum absolute atomic E-state index is 13.1. The molecule has 0 unspecified atom stereocenters. The molecule has 1 N–H and O–H groups in total. The summed E-state index contributed by atoms with van der Waals surface area (Å²) in [6.07, 6.45) is 3.25. The molecule has 40 heavy (non-hydrogen) atoms. The van der Waals surface area contributed by atoms with Gasteiger partial charge in [0.1, 0.15) is 0 Å². The zero-order valence-corrected chi connectivity index (χ0v) is 23.7. The van der Waals surface area contributed by atoms with Gasteiger partial charge in [-0.1, -0.05) is 24.3 Å². The third kappa shape index (κ3) is 7.13. The molecule has 1 aliphatic rings. The van der Waals surface area contributed by atoms with E-state index in [1.165, 1.54) is 12.1 Å². The molecule has 12 heteroatoms. The average Bonchev–Trinajstić information content (AvgIpc) is 2.96. The first-order valence-corrected chi connectivity index (χ1v) is 14.5. The Kier molecular flexibility index (Phi) is 9.00. The summed E-state index contributed by atoms with van der Waals surface area (Å²) in [4.78, 5) is 43.6. The number of nitrogens with one attached hydrogen (secondary N) is 1. The number of nitrogens with zero attached hydrogens (tertiary/aromatic N) is 5. The second kappa shape index (κ2) is 12.4. The highest BCUT2D eigenvalue weighted by Gasteiger charge is 2.38. The van der Waals surface area contributed by atoms with Crippen molar-refractivity contribution in [3.8, 4) is 0 Å². The molecule has 0 spiro atoms. The van der Waals surface area contributed by atoms with Crippen LogP contribution in [0.2, 0.25) is 0 Å². The number of benzene rings is 2. The Hall–Kier alpha value is -4.03. The average molecular weight is 567 g/mol. The van der Waals surface area contributed by atoms with Crippen LogP contribution in [0.25, 0.3) is 0 Å². The Balaban J connectivity index is 1.30. The number of hydrogen-bond donors (Lipinski definition) is 1. The summed E-state index contributed by atoms with van der Waals surface area (Å²) in [5.74, 6) is -0.406. The highest BCUT2D eigenvalue weighted by molar-refractivity contribution is 7.89. The number of hydroxylamine groups is 1. The summed E-state index contributed by atoms with van der Waals surface area (Å²) in [6.45, 7) is 7.90. The molecule has 11 nitrogen and oxygen atoms in total. The Bertz CT molecular complexity index is 1410. The first-order valence-electron chi connectivity index (χ1n) is 13.0. The third-order valence-electron chi connectivity index (χ3n) is 6.19. The number of hydrogen-bond acceptors (Lipinski definition) is 9. The van der Waals surface area contributed by atoms with Gasteiger partial charge >= 0.3 is 5.97 Å². The van der Waals surface area contributed by atoms with Crippen LogP contribution in [0.4, 0.5) is 11.6 Å². The van der Waals surface area contributed by atoms with Crippen LogP contribution in [0.5, 0.6) is 0 Å². The van der Waals surface area contributed by atoms with Crippen molar-refractivity contribution in [3.05, 3.63) is 78.6 Å². The van der Waals surface area contributed by atoms with E-state index in [1.54, 1.807) is 63.5 Å². The predicted octanol–water partition coefficient (Wildman–Crippen LogP) is 2.87. The van der Waals surface area contributed by atoms with Crippen molar-refractivity contribution in [2.24, 2.45) is 0 Å². The van der Waals surface area contributed by atoms with Crippen molar-refractivity contribution in [1.82, 2.24) is 19.8 Å². The fourth-order valence-corrected chi connectivity index (χ4v) is 5.81. The molecule has 0 radical (unpaired) electrons. The third-order valence-corrected chi connectivity index (χ3v) is 8.12. The number of sulfonamides is 1. The number of anilines is 2. The molecule has 1 amide bonds. The first-order chi connectivity index (χ1) is 19.1. The topological polar surface area (TPSA) is 125 Å². The quantitative estimate of drug-likeness (QED) is 0.389. The second-order valence-corrected chi connectivity index (χ2v) is 12.0. The Morgan fingerprint density at radius 3 is 2.23 bits per heavy atom. The smallest absolute Gasteiger partial charge is 0.328 e. The van der Waals surface area contributed by atoms with Crippen LogP contribution >= 0.6 is 0 Å². The molecule has 0 bridgehead atoms. The molecule has 0 aliphatic carbocycles.